The number of rotatable bonds is 5. The number of nitrogens with one attached hydrogen (secondary N) is 1. The van der Waals surface area contributed by atoms with Gasteiger partial charge in [0, 0.05) is 34.9 Å². The molecule has 0 unspecified atom stereocenters. The zero-order chi connectivity index (χ0) is 18.0. The molecule has 24 heavy (non-hydrogen) atoms. The van der Waals surface area contributed by atoms with Gasteiger partial charge in [0.1, 0.15) is 11.4 Å². The monoisotopic (exact) mass is 394 g/mol. The van der Waals surface area contributed by atoms with Gasteiger partial charge in [-0.25, -0.2) is 0 Å². The molecule has 5 nitrogen and oxygen atoms in total. The summed E-state index contributed by atoms with van der Waals surface area (Å²) in [4.78, 5) is 17.5. The van der Waals surface area contributed by atoms with Crippen molar-refractivity contribution in [2.45, 2.75) is 33.4 Å². The number of H-pyrrole nitrogens is 1. The summed E-state index contributed by atoms with van der Waals surface area (Å²) in [6.45, 7) is 5.84. The first kappa shape index (κ1) is 18.5. The molecule has 0 aliphatic rings. The fourth-order valence-corrected chi connectivity index (χ4v) is 3.40. The number of aromatic amines is 1. The summed E-state index contributed by atoms with van der Waals surface area (Å²) in [7, 11) is 3.36. The third-order valence-electron chi connectivity index (χ3n) is 4.12. The van der Waals surface area contributed by atoms with Crippen molar-refractivity contribution in [1.82, 2.24) is 9.88 Å². The summed E-state index contributed by atoms with van der Waals surface area (Å²) < 4.78 is 6.30. The number of aryl methyl sites for hydroxylation is 1. The summed E-state index contributed by atoms with van der Waals surface area (Å²) >= 11 is 3.44. The van der Waals surface area contributed by atoms with Gasteiger partial charge in [0.05, 0.1) is 13.2 Å². The first-order valence-corrected chi connectivity index (χ1v) is 8.50. The zero-order valence-electron chi connectivity index (χ0n) is 14.6. The van der Waals surface area contributed by atoms with Gasteiger partial charge in [-0.05, 0) is 44.5 Å². The van der Waals surface area contributed by atoms with Crippen LogP contribution in [0.5, 0.6) is 5.75 Å². The Morgan fingerprint density at radius 1 is 1.42 bits per heavy atom. The van der Waals surface area contributed by atoms with Gasteiger partial charge >= 0.3 is 0 Å². The molecule has 1 aromatic heterocycles. The van der Waals surface area contributed by atoms with Gasteiger partial charge in [-0.2, -0.15) is 0 Å². The first-order chi connectivity index (χ1) is 11.3. The second kappa shape index (κ2) is 7.40. The molecular weight excluding hydrogens is 372 g/mol. The summed E-state index contributed by atoms with van der Waals surface area (Å²) in [6.07, 6.45) is -0.613. The molecule has 1 heterocycles. The van der Waals surface area contributed by atoms with Crippen molar-refractivity contribution >= 4 is 21.8 Å². The largest absolute Gasteiger partial charge is 0.496 e. The Bertz CT molecular complexity index is 753. The molecule has 1 amide bonds. The predicted molar refractivity (Wildman–Crippen MR) is 97.4 cm³/mol. The maximum absolute atomic E-state index is 12.8. The van der Waals surface area contributed by atoms with Crippen LogP contribution in [0, 0.1) is 13.8 Å². The number of hydrogen-bond acceptors (Lipinski definition) is 3. The average Bonchev–Trinajstić information content (AvgIpc) is 2.81. The molecular formula is C18H23BrN2O3. The summed E-state index contributed by atoms with van der Waals surface area (Å²) in [5.41, 5.74) is 3.82. The second-order valence-corrected chi connectivity index (χ2v) is 6.87. The van der Waals surface area contributed by atoms with Crippen LogP contribution in [0.4, 0.5) is 0 Å². The fraction of sp³-hybridized carbons (Fsp3) is 0.389. The molecule has 130 valence electrons. The number of carbonyl (C=O) groups is 1. The third kappa shape index (κ3) is 3.65. The Labute approximate surface area is 150 Å². The number of nitrogens with zero attached hydrogens (tertiary/aromatic N) is 1. The van der Waals surface area contributed by atoms with E-state index in [2.05, 4.69) is 20.9 Å². The van der Waals surface area contributed by atoms with Crippen molar-refractivity contribution in [2.24, 2.45) is 0 Å². The van der Waals surface area contributed by atoms with Gasteiger partial charge in [0.25, 0.3) is 5.91 Å². The molecule has 2 N–H and O–H groups in total. The van der Waals surface area contributed by atoms with Crippen molar-refractivity contribution in [1.29, 1.82) is 0 Å². The van der Waals surface area contributed by atoms with Crippen LogP contribution in [0.2, 0.25) is 0 Å². The third-order valence-corrected chi connectivity index (χ3v) is 4.62. The van der Waals surface area contributed by atoms with E-state index >= 15 is 0 Å². The Kier molecular flexibility index (Phi) is 5.72. The standard InChI is InChI=1S/C18H23BrN2O3/c1-10-16(12(3)22)11(2)20-17(10)18(23)21(4)9-13-8-14(19)6-7-15(13)24-5/h6-8,12,20,22H,9H2,1-5H3/t12-/m0/s1. The van der Waals surface area contributed by atoms with E-state index in [0.717, 1.165) is 32.6 Å². The van der Waals surface area contributed by atoms with Crippen molar-refractivity contribution in [3.05, 3.63) is 50.8 Å². The molecule has 0 bridgehead atoms. The van der Waals surface area contributed by atoms with Crippen LogP contribution >= 0.6 is 15.9 Å². The molecule has 0 spiro atoms. The number of ether oxygens (including phenoxy) is 1. The molecule has 0 saturated heterocycles. The fourth-order valence-electron chi connectivity index (χ4n) is 2.99. The molecule has 0 aliphatic carbocycles. The molecule has 2 rings (SSSR count). The average molecular weight is 395 g/mol. The first-order valence-electron chi connectivity index (χ1n) is 7.71. The molecule has 1 aromatic carbocycles. The Morgan fingerprint density at radius 3 is 2.62 bits per heavy atom. The normalized spacial score (nSPS) is 12.1. The van der Waals surface area contributed by atoms with E-state index in [4.69, 9.17) is 4.74 Å². The molecule has 0 aliphatic heterocycles. The van der Waals surface area contributed by atoms with Crippen LogP contribution in [-0.2, 0) is 6.54 Å². The van der Waals surface area contributed by atoms with Crippen LogP contribution in [0.1, 0.15) is 45.9 Å². The maximum Gasteiger partial charge on any atom is 0.270 e. The predicted octanol–water partition coefficient (Wildman–Crippen LogP) is 3.73. The van der Waals surface area contributed by atoms with Crippen LogP contribution < -0.4 is 4.74 Å². The van der Waals surface area contributed by atoms with E-state index in [1.165, 1.54) is 0 Å². The number of aromatic nitrogens is 1. The highest BCUT2D eigenvalue weighted by Gasteiger charge is 2.23. The second-order valence-electron chi connectivity index (χ2n) is 5.96. The SMILES string of the molecule is COc1ccc(Br)cc1CN(C)C(=O)c1[nH]c(C)c([C@H](C)O)c1C. The van der Waals surface area contributed by atoms with E-state index in [1.54, 1.807) is 26.0 Å². The van der Waals surface area contributed by atoms with Gasteiger partial charge in [0.2, 0.25) is 0 Å². The van der Waals surface area contributed by atoms with Crippen LogP contribution in [0.3, 0.4) is 0 Å². The lowest BCUT2D eigenvalue weighted by atomic mass is 10.1. The summed E-state index contributed by atoms with van der Waals surface area (Å²) in [5.74, 6) is 0.617. The Morgan fingerprint density at radius 2 is 2.08 bits per heavy atom. The van der Waals surface area contributed by atoms with Crippen LogP contribution in [0.15, 0.2) is 22.7 Å². The van der Waals surface area contributed by atoms with Crippen LogP contribution in [0.25, 0.3) is 0 Å². The van der Waals surface area contributed by atoms with Crippen LogP contribution in [-0.4, -0.2) is 35.1 Å². The molecule has 1 atom stereocenters. The molecule has 0 radical (unpaired) electrons. The maximum atomic E-state index is 12.8. The van der Waals surface area contributed by atoms with Gasteiger partial charge < -0.3 is 19.7 Å². The molecule has 2 aromatic rings. The number of methoxy groups -OCH3 is 1. The van der Waals surface area contributed by atoms with Crippen molar-refractivity contribution in [2.75, 3.05) is 14.2 Å². The lowest BCUT2D eigenvalue weighted by Crippen LogP contribution is -2.27. The number of benzene rings is 1. The van der Waals surface area contributed by atoms with Gasteiger partial charge in [0.15, 0.2) is 0 Å². The quantitative estimate of drug-likeness (QED) is 0.811. The summed E-state index contributed by atoms with van der Waals surface area (Å²) in [5, 5.41) is 9.89. The van der Waals surface area contributed by atoms with Crippen molar-refractivity contribution < 1.29 is 14.6 Å². The summed E-state index contributed by atoms with van der Waals surface area (Å²) in [6, 6.07) is 5.71. The number of aliphatic hydroxyl groups excluding tert-OH is 1. The van der Waals surface area contributed by atoms with Gasteiger partial charge in [-0.1, -0.05) is 15.9 Å². The highest BCUT2D eigenvalue weighted by molar-refractivity contribution is 9.10. The number of halogens is 1. The number of aliphatic hydroxyl groups is 1. The molecule has 0 fully saturated rings. The van der Waals surface area contributed by atoms with Crippen molar-refractivity contribution in [3.8, 4) is 5.75 Å². The minimum absolute atomic E-state index is 0.121. The van der Waals surface area contributed by atoms with E-state index in [0.29, 0.717) is 12.2 Å². The zero-order valence-corrected chi connectivity index (χ0v) is 16.2. The Hall–Kier alpha value is -1.79. The van der Waals surface area contributed by atoms with E-state index in [9.17, 15) is 9.90 Å². The smallest absolute Gasteiger partial charge is 0.270 e. The number of carbonyl (C=O) groups excluding carboxylic acids is 1. The minimum atomic E-state index is -0.613. The minimum Gasteiger partial charge on any atom is -0.496 e. The lowest BCUT2D eigenvalue weighted by molar-refractivity contribution is 0.0778. The van der Waals surface area contributed by atoms with E-state index in [1.807, 2.05) is 32.0 Å². The number of hydrogen-bond donors (Lipinski definition) is 2. The van der Waals surface area contributed by atoms with Gasteiger partial charge in [-0.3, -0.25) is 4.79 Å². The highest BCUT2D eigenvalue weighted by Crippen LogP contribution is 2.27. The van der Waals surface area contributed by atoms with E-state index < -0.39 is 6.10 Å². The lowest BCUT2D eigenvalue weighted by Gasteiger charge is -2.19. The van der Waals surface area contributed by atoms with Crippen molar-refractivity contribution in [3.63, 3.8) is 0 Å². The van der Waals surface area contributed by atoms with Gasteiger partial charge in [-0.15, -0.1) is 0 Å². The molecule has 6 heteroatoms. The topological polar surface area (TPSA) is 65.6 Å². The Balaban J connectivity index is 2.28. The molecule has 0 saturated carbocycles. The number of amides is 1. The highest BCUT2D eigenvalue weighted by atomic mass is 79.9. The van der Waals surface area contributed by atoms with E-state index in [-0.39, 0.29) is 5.91 Å².